The molecule has 24 heavy (non-hydrogen) atoms. The van der Waals surface area contributed by atoms with Crippen LogP contribution in [0.25, 0.3) is 11.0 Å². The van der Waals surface area contributed by atoms with Crippen LogP contribution in [-0.2, 0) is 13.0 Å². The maximum Gasteiger partial charge on any atom is 0.255 e. The van der Waals surface area contributed by atoms with E-state index in [9.17, 15) is 4.79 Å². The van der Waals surface area contributed by atoms with Crippen molar-refractivity contribution in [2.24, 2.45) is 0 Å². The summed E-state index contributed by atoms with van der Waals surface area (Å²) in [5, 5.41) is 6.43. The largest absolute Gasteiger partial charge is 0.342 e. The maximum absolute atomic E-state index is 12.7. The molecule has 1 aliphatic rings. The van der Waals surface area contributed by atoms with E-state index < -0.39 is 0 Å². The van der Waals surface area contributed by atoms with Gasteiger partial charge in [0.25, 0.3) is 5.91 Å². The van der Waals surface area contributed by atoms with Crippen molar-refractivity contribution in [2.45, 2.75) is 19.9 Å². The van der Waals surface area contributed by atoms with Crippen LogP contribution in [0.15, 0.2) is 34.8 Å². The molecule has 6 heteroatoms. The van der Waals surface area contributed by atoms with Crippen molar-refractivity contribution < 1.29 is 4.79 Å². The van der Waals surface area contributed by atoms with Crippen LogP contribution in [0.1, 0.15) is 27.3 Å². The quantitative estimate of drug-likeness (QED) is 0.632. The van der Waals surface area contributed by atoms with Crippen LogP contribution in [0.4, 0.5) is 5.69 Å². The van der Waals surface area contributed by atoms with Gasteiger partial charge < -0.3 is 15.6 Å². The second-order valence-corrected chi connectivity index (χ2v) is 6.84. The van der Waals surface area contributed by atoms with Gasteiger partial charge in [0.05, 0.1) is 11.0 Å². The summed E-state index contributed by atoms with van der Waals surface area (Å²) in [5.41, 5.74) is 5.68. The highest BCUT2D eigenvalue weighted by molar-refractivity contribution is 9.10. The van der Waals surface area contributed by atoms with Gasteiger partial charge in [-0.05, 0) is 61.3 Å². The first-order chi connectivity index (χ1) is 11.6. The summed E-state index contributed by atoms with van der Waals surface area (Å²) in [4.78, 5) is 20.2. The van der Waals surface area contributed by atoms with Crippen molar-refractivity contribution in [3.8, 4) is 0 Å². The lowest BCUT2D eigenvalue weighted by molar-refractivity contribution is 0.102. The molecule has 0 radical (unpaired) electrons. The Morgan fingerprint density at radius 1 is 1.25 bits per heavy atom. The van der Waals surface area contributed by atoms with Crippen molar-refractivity contribution in [2.75, 3.05) is 11.9 Å². The molecule has 4 rings (SSSR count). The Hall–Kier alpha value is -2.18. The van der Waals surface area contributed by atoms with Gasteiger partial charge in [-0.25, -0.2) is 4.98 Å². The van der Waals surface area contributed by atoms with E-state index >= 15 is 0 Å². The summed E-state index contributed by atoms with van der Waals surface area (Å²) in [6, 6.07) is 9.48. The van der Waals surface area contributed by atoms with E-state index in [4.69, 9.17) is 0 Å². The molecule has 2 aromatic carbocycles. The number of amides is 1. The number of H-pyrrole nitrogens is 1. The number of nitrogens with zero attached hydrogens (tertiary/aromatic N) is 1. The summed E-state index contributed by atoms with van der Waals surface area (Å²) in [7, 11) is 0. The highest BCUT2D eigenvalue weighted by Crippen LogP contribution is 2.30. The number of rotatable bonds is 2. The van der Waals surface area contributed by atoms with Crippen LogP contribution < -0.4 is 10.6 Å². The standard InChI is InChI=1S/C18H17BrN4O/c1-10-21-16-4-2-11(8-17(16)22-10)18(24)23-15-5-3-14(19)13-9-20-7-6-12(13)15/h2-5,8,20H,6-7,9H2,1H3,(H,21,22)(H,23,24). The number of aromatic nitrogens is 2. The number of carbonyl (C=O) groups excluding carboxylic acids is 1. The number of hydrogen-bond acceptors (Lipinski definition) is 3. The molecule has 5 nitrogen and oxygen atoms in total. The summed E-state index contributed by atoms with van der Waals surface area (Å²) < 4.78 is 1.08. The van der Waals surface area contributed by atoms with Gasteiger partial charge >= 0.3 is 0 Å². The number of hydrogen-bond donors (Lipinski definition) is 3. The van der Waals surface area contributed by atoms with Gasteiger partial charge in [-0.15, -0.1) is 0 Å². The SMILES string of the molecule is Cc1nc2ccc(C(=O)Nc3ccc(Br)c4c3CCNC4)cc2[nH]1. The minimum absolute atomic E-state index is 0.104. The van der Waals surface area contributed by atoms with Crippen molar-refractivity contribution >= 4 is 38.6 Å². The minimum Gasteiger partial charge on any atom is -0.342 e. The molecule has 3 N–H and O–H groups in total. The molecule has 3 aromatic rings. The van der Waals surface area contributed by atoms with E-state index in [1.807, 2.05) is 37.3 Å². The van der Waals surface area contributed by atoms with Crippen LogP contribution in [0.5, 0.6) is 0 Å². The van der Waals surface area contributed by atoms with Crippen molar-refractivity contribution in [1.82, 2.24) is 15.3 Å². The lowest BCUT2D eigenvalue weighted by atomic mass is 9.99. The first-order valence-corrected chi connectivity index (χ1v) is 8.70. The normalized spacial score (nSPS) is 13.8. The van der Waals surface area contributed by atoms with E-state index in [1.54, 1.807) is 0 Å². The monoisotopic (exact) mass is 384 g/mol. The predicted molar refractivity (Wildman–Crippen MR) is 98.3 cm³/mol. The van der Waals surface area contributed by atoms with Crippen molar-refractivity contribution in [3.63, 3.8) is 0 Å². The molecule has 0 atom stereocenters. The van der Waals surface area contributed by atoms with E-state index in [-0.39, 0.29) is 5.91 Å². The Morgan fingerprint density at radius 3 is 3.00 bits per heavy atom. The van der Waals surface area contributed by atoms with Crippen LogP contribution in [0, 0.1) is 6.92 Å². The van der Waals surface area contributed by atoms with E-state index in [0.717, 1.165) is 46.5 Å². The maximum atomic E-state index is 12.7. The van der Waals surface area contributed by atoms with E-state index in [1.165, 1.54) is 11.1 Å². The Bertz CT molecular complexity index is 948. The zero-order valence-corrected chi connectivity index (χ0v) is 14.8. The molecular weight excluding hydrogens is 368 g/mol. The van der Waals surface area contributed by atoms with Gasteiger partial charge in [0.15, 0.2) is 0 Å². The topological polar surface area (TPSA) is 69.8 Å². The average molecular weight is 385 g/mol. The summed E-state index contributed by atoms with van der Waals surface area (Å²) in [6.07, 6.45) is 0.906. The number of imidazole rings is 1. The number of aryl methyl sites for hydroxylation is 1. The fraction of sp³-hybridized carbons (Fsp3) is 0.222. The molecule has 0 saturated carbocycles. The predicted octanol–water partition coefficient (Wildman–Crippen LogP) is 3.53. The molecule has 0 unspecified atom stereocenters. The molecule has 1 amide bonds. The highest BCUT2D eigenvalue weighted by atomic mass is 79.9. The third-order valence-corrected chi connectivity index (χ3v) is 5.08. The molecule has 0 aliphatic carbocycles. The van der Waals surface area contributed by atoms with Crippen LogP contribution in [0.3, 0.4) is 0 Å². The molecule has 0 spiro atoms. The third-order valence-electron chi connectivity index (χ3n) is 4.34. The summed E-state index contributed by atoms with van der Waals surface area (Å²) in [5.74, 6) is 0.740. The Morgan fingerprint density at radius 2 is 2.12 bits per heavy atom. The van der Waals surface area contributed by atoms with Crippen LogP contribution >= 0.6 is 15.9 Å². The molecule has 0 saturated heterocycles. The van der Waals surface area contributed by atoms with Gasteiger partial charge in [-0.3, -0.25) is 4.79 Å². The Kier molecular flexibility index (Phi) is 3.86. The lowest BCUT2D eigenvalue weighted by Crippen LogP contribution is -2.25. The molecule has 0 fully saturated rings. The second kappa shape index (κ2) is 6.03. The zero-order chi connectivity index (χ0) is 16.7. The van der Waals surface area contributed by atoms with Crippen LogP contribution in [-0.4, -0.2) is 22.4 Å². The summed E-state index contributed by atoms with van der Waals surface area (Å²) in [6.45, 7) is 3.65. The smallest absolute Gasteiger partial charge is 0.255 e. The van der Waals surface area contributed by atoms with Gasteiger partial charge in [-0.1, -0.05) is 15.9 Å². The molecule has 0 bridgehead atoms. The molecule has 1 aliphatic heterocycles. The highest BCUT2D eigenvalue weighted by Gasteiger charge is 2.17. The minimum atomic E-state index is -0.104. The average Bonchev–Trinajstić information content (AvgIpc) is 2.96. The Labute approximate surface area is 148 Å². The number of aromatic amines is 1. The van der Waals surface area contributed by atoms with Gasteiger partial charge in [0.2, 0.25) is 0 Å². The number of anilines is 1. The van der Waals surface area contributed by atoms with Crippen molar-refractivity contribution in [3.05, 3.63) is 57.3 Å². The molecule has 1 aromatic heterocycles. The number of fused-ring (bicyclic) bond motifs is 2. The van der Waals surface area contributed by atoms with E-state index in [2.05, 4.69) is 36.5 Å². The number of benzene rings is 2. The Balaban J connectivity index is 1.66. The van der Waals surface area contributed by atoms with E-state index in [0.29, 0.717) is 5.56 Å². The number of carbonyl (C=O) groups is 1. The van der Waals surface area contributed by atoms with Gasteiger partial charge in [0.1, 0.15) is 5.82 Å². The first kappa shape index (κ1) is 15.4. The summed E-state index contributed by atoms with van der Waals surface area (Å²) >= 11 is 3.59. The molecule has 122 valence electrons. The number of nitrogens with one attached hydrogen (secondary N) is 3. The molecular formula is C18H17BrN4O. The van der Waals surface area contributed by atoms with Gasteiger partial charge in [-0.2, -0.15) is 0 Å². The van der Waals surface area contributed by atoms with Crippen molar-refractivity contribution in [1.29, 1.82) is 0 Å². The first-order valence-electron chi connectivity index (χ1n) is 7.90. The second-order valence-electron chi connectivity index (χ2n) is 5.99. The van der Waals surface area contributed by atoms with Crippen LogP contribution in [0.2, 0.25) is 0 Å². The fourth-order valence-electron chi connectivity index (χ4n) is 3.16. The third kappa shape index (κ3) is 2.72. The number of halogens is 1. The molecule has 2 heterocycles. The lowest BCUT2D eigenvalue weighted by Gasteiger charge is -2.22. The van der Waals surface area contributed by atoms with Gasteiger partial charge in [0, 0.05) is 22.3 Å². The fourth-order valence-corrected chi connectivity index (χ4v) is 3.67. The zero-order valence-electron chi connectivity index (χ0n) is 13.2.